The molecular weight excluding hydrogens is 314 g/mol. The minimum Gasteiger partial charge on any atom is -0.408 e. The van der Waals surface area contributed by atoms with E-state index in [1.165, 1.54) is 0 Å². The Morgan fingerprint density at radius 2 is 2.30 bits per heavy atom. The maximum Gasteiger partial charge on any atom is 0.417 e. The topological polar surface area (TPSA) is 88.0 Å². The second kappa shape index (κ2) is 5.66. The van der Waals surface area contributed by atoms with Gasteiger partial charge in [0.1, 0.15) is 0 Å². The van der Waals surface area contributed by atoms with E-state index >= 15 is 0 Å². The van der Waals surface area contributed by atoms with Crippen molar-refractivity contribution in [2.24, 2.45) is 5.92 Å². The van der Waals surface area contributed by atoms with Crippen LogP contribution in [0.2, 0.25) is 0 Å². The van der Waals surface area contributed by atoms with Gasteiger partial charge in [0, 0.05) is 29.8 Å². The van der Waals surface area contributed by atoms with Crippen LogP contribution in [-0.4, -0.2) is 22.4 Å². The van der Waals surface area contributed by atoms with Crippen LogP contribution in [0.4, 0.5) is 0 Å². The normalized spacial score (nSPS) is 14.3. The molecule has 0 spiro atoms. The zero-order chi connectivity index (χ0) is 15.8. The zero-order valence-electron chi connectivity index (χ0n) is 12.3. The Bertz CT molecular complexity index is 920. The van der Waals surface area contributed by atoms with Crippen molar-refractivity contribution in [3.05, 3.63) is 39.1 Å². The SMILES string of the molecule is O=C(NCCc1nc(-c2ccc3[nH]c(=O)oc3c2)cs1)C1CC1. The molecule has 4 rings (SSSR count). The van der Waals surface area contributed by atoms with Gasteiger partial charge in [-0.1, -0.05) is 6.07 Å². The van der Waals surface area contributed by atoms with Gasteiger partial charge in [0.05, 0.1) is 16.2 Å². The van der Waals surface area contributed by atoms with Crippen LogP contribution in [0.5, 0.6) is 0 Å². The van der Waals surface area contributed by atoms with Gasteiger partial charge < -0.3 is 9.73 Å². The fraction of sp³-hybridized carbons (Fsp3) is 0.312. The van der Waals surface area contributed by atoms with E-state index in [1.54, 1.807) is 17.4 Å². The number of benzene rings is 1. The molecule has 3 aromatic rings. The summed E-state index contributed by atoms with van der Waals surface area (Å²) in [7, 11) is 0. The van der Waals surface area contributed by atoms with Gasteiger partial charge in [-0.05, 0) is 25.0 Å². The molecule has 1 aliphatic rings. The van der Waals surface area contributed by atoms with Crippen LogP contribution >= 0.6 is 11.3 Å². The summed E-state index contributed by atoms with van der Waals surface area (Å²) in [5, 5.41) is 5.90. The van der Waals surface area contributed by atoms with E-state index < -0.39 is 5.76 Å². The Morgan fingerprint density at radius 1 is 1.43 bits per heavy atom. The smallest absolute Gasteiger partial charge is 0.408 e. The Balaban J connectivity index is 1.45. The van der Waals surface area contributed by atoms with Crippen molar-refractivity contribution in [3.8, 4) is 11.3 Å². The maximum absolute atomic E-state index is 11.6. The minimum atomic E-state index is -0.456. The quantitative estimate of drug-likeness (QED) is 0.752. The number of carbonyl (C=O) groups excluding carboxylic acids is 1. The first-order valence-corrected chi connectivity index (χ1v) is 8.42. The fourth-order valence-corrected chi connectivity index (χ4v) is 3.25. The molecule has 0 saturated heterocycles. The van der Waals surface area contributed by atoms with E-state index in [-0.39, 0.29) is 11.8 Å². The number of fused-ring (bicyclic) bond motifs is 1. The minimum absolute atomic E-state index is 0.162. The molecule has 2 heterocycles. The van der Waals surface area contributed by atoms with E-state index in [0.29, 0.717) is 17.6 Å². The summed E-state index contributed by atoms with van der Waals surface area (Å²) in [6.07, 6.45) is 2.76. The summed E-state index contributed by atoms with van der Waals surface area (Å²) in [4.78, 5) is 30.0. The number of hydrogen-bond donors (Lipinski definition) is 2. The van der Waals surface area contributed by atoms with E-state index in [9.17, 15) is 9.59 Å². The number of hydrogen-bond acceptors (Lipinski definition) is 5. The number of rotatable bonds is 5. The van der Waals surface area contributed by atoms with Gasteiger partial charge in [-0.25, -0.2) is 9.78 Å². The van der Waals surface area contributed by atoms with E-state index in [4.69, 9.17) is 4.42 Å². The van der Waals surface area contributed by atoms with Gasteiger partial charge in [0.25, 0.3) is 0 Å². The Labute approximate surface area is 135 Å². The van der Waals surface area contributed by atoms with Crippen LogP contribution in [-0.2, 0) is 11.2 Å². The van der Waals surface area contributed by atoms with Crippen molar-refractivity contribution in [1.82, 2.24) is 15.3 Å². The van der Waals surface area contributed by atoms with Gasteiger partial charge in [-0.15, -0.1) is 11.3 Å². The highest BCUT2D eigenvalue weighted by Crippen LogP contribution is 2.29. The Kier molecular flexibility index (Phi) is 3.49. The monoisotopic (exact) mass is 329 g/mol. The summed E-state index contributed by atoms with van der Waals surface area (Å²) >= 11 is 1.57. The third kappa shape index (κ3) is 3.05. The molecule has 0 bridgehead atoms. The van der Waals surface area contributed by atoms with Crippen LogP contribution in [0.3, 0.4) is 0 Å². The third-order valence-electron chi connectivity index (χ3n) is 3.85. The molecule has 1 amide bonds. The van der Waals surface area contributed by atoms with Crippen molar-refractivity contribution >= 4 is 28.3 Å². The molecule has 0 atom stereocenters. The van der Waals surface area contributed by atoms with Crippen molar-refractivity contribution in [2.45, 2.75) is 19.3 Å². The zero-order valence-corrected chi connectivity index (χ0v) is 13.1. The third-order valence-corrected chi connectivity index (χ3v) is 4.76. The first-order chi connectivity index (χ1) is 11.2. The number of nitrogens with one attached hydrogen (secondary N) is 2. The molecule has 1 fully saturated rings. The second-order valence-electron chi connectivity index (χ2n) is 5.67. The first kappa shape index (κ1) is 14.2. The lowest BCUT2D eigenvalue weighted by Gasteiger charge is -2.01. The largest absolute Gasteiger partial charge is 0.417 e. The summed E-state index contributed by atoms with van der Waals surface area (Å²) in [6, 6.07) is 5.52. The number of H-pyrrole nitrogens is 1. The summed E-state index contributed by atoms with van der Waals surface area (Å²) in [5.41, 5.74) is 2.96. The molecule has 1 saturated carbocycles. The van der Waals surface area contributed by atoms with Gasteiger partial charge in [-0.2, -0.15) is 0 Å². The average molecular weight is 329 g/mol. The van der Waals surface area contributed by atoms with Gasteiger partial charge >= 0.3 is 5.76 Å². The molecule has 0 unspecified atom stereocenters. The van der Waals surface area contributed by atoms with Crippen molar-refractivity contribution < 1.29 is 9.21 Å². The van der Waals surface area contributed by atoms with Crippen LogP contribution in [0.25, 0.3) is 22.4 Å². The second-order valence-corrected chi connectivity index (χ2v) is 6.61. The number of carbonyl (C=O) groups is 1. The molecular formula is C16H15N3O3S. The van der Waals surface area contributed by atoms with E-state index in [2.05, 4.69) is 15.3 Å². The molecule has 1 aliphatic carbocycles. The molecule has 2 aromatic heterocycles. The fourth-order valence-electron chi connectivity index (χ4n) is 2.45. The molecule has 6 nitrogen and oxygen atoms in total. The Morgan fingerprint density at radius 3 is 3.13 bits per heavy atom. The lowest BCUT2D eigenvalue weighted by Crippen LogP contribution is -2.26. The van der Waals surface area contributed by atoms with Crippen molar-refractivity contribution in [1.29, 1.82) is 0 Å². The van der Waals surface area contributed by atoms with Crippen LogP contribution in [0, 0.1) is 5.92 Å². The summed E-state index contributed by atoms with van der Waals surface area (Å²) in [6.45, 7) is 0.619. The van der Waals surface area contributed by atoms with Crippen LogP contribution in [0.15, 0.2) is 32.8 Å². The van der Waals surface area contributed by atoms with Crippen LogP contribution in [0.1, 0.15) is 17.8 Å². The van der Waals surface area contributed by atoms with Gasteiger partial charge in [0.15, 0.2) is 5.58 Å². The highest BCUT2D eigenvalue weighted by atomic mass is 32.1. The molecule has 118 valence electrons. The first-order valence-electron chi connectivity index (χ1n) is 7.54. The molecule has 7 heteroatoms. The highest BCUT2D eigenvalue weighted by Gasteiger charge is 2.29. The molecule has 0 aliphatic heterocycles. The van der Waals surface area contributed by atoms with Crippen molar-refractivity contribution in [2.75, 3.05) is 6.54 Å². The lowest BCUT2D eigenvalue weighted by atomic mass is 10.1. The predicted octanol–water partition coefficient (Wildman–Crippen LogP) is 2.31. The molecule has 1 aromatic carbocycles. The summed E-state index contributed by atoms with van der Waals surface area (Å²) < 4.78 is 5.07. The maximum atomic E-state index is 11.6. The van der Waals surface area contributed by atoms with Gasteiger partial charge in [-0.3, -0.25) is 9.78 Å². The van der Waals surface area contributed by atoms with E-state index in [1.807, 2.05) is 17.5 Å². The molecule has 0 radical (unpaired) electrons. The summed E-state index contributed by atoms with van der Waals surface area (Å²) in [5.74, 6) is -0.0539. The number of oxazole rings is 1. The molecule has 23 heavy (non-hydrogen) atoms. The van der Waals surface area contributed by atoms with Crippen molar-refractivity contribution in [3.63, 3.8) is 0 Å². The number of aromatic amines is 1. The predicted molar refractivity (Wildman–Crippen MR) is 87.4 cm³/mol. The number of amides is 1. The Hall–Kier alpha value is -2.41. The number of nitrogens with zero attached hydrogens (tertiary/aromatic N) is 1. The molecule has 2 N–H and O–H groups in total. The number of aromatic nitrogens is 2. The lowest BCUT2D eigenvalue weighted by molar-refractivity contribution is -0.122. The average Bonchev–Trinajstić information content (AvgIpc) is 3.17. The van der Waals surface area contributed by atoms with Gasteiger partial charge in [0.2, 0.25) is 5.91 Å². The van der Waals surface area contributed by atoms with Crippen LogP contribution < -0.4 is 11.1 Å². The highest BCUT2D eigenvalue weighted by molar-refractivity contribution is 7.09. The number of thiazole rings is 1. The van der Waals surface area contributed by atoms with E-state index in [0.717, 1.165) is 35.5 Å². The standard InChI is InChI=1S/C16H15N3O3S/c20-15(9-1-2-9)17-6-5-14-18-12(8-23-14)10-3-4-11-13(7-10)22-16(21)19-11/h3-4,7-9H,1-2,5-6H2,(H,17,20)(H,19,21).